The predicted octanol–water partition coefficient (Wildman–Crippen LogP) is 7.19. The smallest absolute Gasteiger partial charge is 0.348 e. The molecule has 5 rings (SSSR count). The fourth-order valence-corrected chi connectivity index (χ4v) is 8.19. The molecule has 212 valence electrons. The van der Waals surface area contributed by atoms with Crippen molar-refractivity contribution in [3.63, 3.8) is 0 Å². The number of rotatable bonds is 9. The van der Waals surface area contributed by atoms with Gasteiger partial charge >= 0.3 is 5.97 Å². The second-order valence-corrected chi connectivity index (χ2v) is 14.2. The van der Waals surface area contributed by atoms with Crippen molar-refractivity contribution in [2.45, 2.75) is 37.9 Å². The Morgan fingerprint density at radius 2 is 1.45 bits per heavy atom. The lowest BCUT2D eigenvalue weighted by molar-refractivity contribution is -0.211. The van der Waals surface area contributed by atoms with Crippen molar-refractivity contribution < 1.29 is 19.0 Å². The number of esters is 1. The number of carbonyl (C=O) groups is 1. The Balaban J connectivity index is 1.30. The summed E-state index contributed by atoms with van der Waals surface area (Å²) < 4.78 is 17.5. The average molecular weight is 616 g/mol. The molecule has 0 radical (unpaired) electrons. The van der Waals surface area contributed by atoms with E-state index in [1.54, 1.807) is 41.1 Å². The van der Waals surface area contributed by atoms with Crippen molar-refractivity contribution in [2.24, 2.45) is 4.99 Å². The van der Waals surface area contributed by atoms with Crippen molar-refractivity contribution >= 4 is 67.5 Å². The summed E-state index contributed by atoms with van der Waals surface area (Å²) in [7, 11) is 9.77. The Kier molecular flexibility index (Phi) is 9.08. The van der Waals surface area contributed by atoms with Gasteiger partial charge in [0.2, 0.25) is 0 Å². The van der Waals surface area contributed by atoms with Crippen LogP contribution in [0.5, 0.6) is 0 Å². The lowest BCUT2D eigenvalue weighted by Crippen LogP contribution is -2.49. The van der Waals surface area contributed by atoms with E-state index in [2.05, 4.69) is 60.3 Å². The van der Waals surface area contributed by atoms with Gasteiger partial charge < -0.3 is 24.0 Å². The maximum atomic E-state index is 13.2. The highest BCUT2D eigenvalue weighted by molar-refractivity contribution is 7.25. The molecular formula is C29H33N3O4S4. The zero-order valence-corrected chi connectivity index (χ0v) is 26.6. The first kappa shape index (κ1) is 29.0. The second kappa shape index (κ2) is 12.5. The third-order valence-corrected chi connectivity index (χ3v) is 11.5. The van der Waals surface area contributed by atoms with Gasteiger partial charge in [-0.2, -0.15) is 0 Å². The summed E-state index contributed by atoms with van der Waals surface area (Å²) in [5.41, 5.74) is 0. The van der Waals surface area contributed by atoms with Gasteiger partial charge in [0.25, 0.3) is 0 Å². The highest BCUT2D eigenvalue weighted by atomic mass is 32.1. The number of hydrogen-bond acceptors (Lipinski definition) is 11. The summed E-state index contributed by atoms with van der Waals surface area (Å²) in [6.45, 7) is 1.91. The van der Waals surface area contributed by atoms with Crippen LogP contribution in [0.4, 0.5) is 10.0 Å². The van der Waals surface area contributed by atoms with Gasteiger partial charge in [-0.05, 0) is 55.5 Å². The monoisotopic (exact) mass is 615 g/mol. The fourth-order valence-electron chi connectivity index (χ4n) is 4.37. The second-order valence-electron chi connectivity index (χ2n) is 9.89. The predicted molar refractivity (Wildman–Crippen MR) is 170 cm³/mol. The zero-order valence-electron chi connectivity index (χ0n) is 23.3. The fraction of sp³-hybridized carbons (Fsp3) is 0.379. The van der Waals surface area contributed by atoms with Crippen LogP contribution in [0.15, 0.2) is 53.5 Å². The Morgan fingerprint density at radius 1 is 0.875 bits per heavy atom. The molecule has 0 saturated carbocycles. The molecule has 0 amide bonds. The molecule has 40 heavy (non-hydrogen) atoms. The number of anilines is 2. The SMILES string of the molecule is CO[C@H]1C[C@H](N=Cc2ccc(-c3ccc(N(C)C)s3)s2)[C@@H](OC(=O)c2ccc(-c3ccc(N(C)C)s3)s2)[C@H](C)O1. The van der Waals surface area contributed by atoms with Gasteiger partial charge in [0.1, 0.15) is 4.88 Å². The van der Waals surface area contributed by atoms with E-state index in [9.17, 15) is 4.79 Å². The quantitative estimate of drug-likeness (QED) is 0.147. The van der Waals surface area contributed by atoms with Crippen molar-refractivity contribution in [3.8, 4) is 19.5 Å². The van der Waals surface area contributed by atoms with Crippen molar-refractivity contribution in [2.75, 3.05) is 45.1 Å². The molecule has 0 aromatic carbocycles. The molecule has 4 aromatic rings. The van der Waals surface area contributed by atoms with E-state index in [0.29, 0.717) is 11.3 Å². The molecule has 1 saturated heterocycles. The zero-order chi connectivity index (χ0) is 28.4. The van der Waals surface area contributed by atoms with Gasteiger partial charge in [0.15, 0.2) is 12.4 Å². The number of ether oxygens (including phenoxy) is 3. The molecule has 1 fully saturated rings. The van der Waals surface area contributed by atoms with E-state index in [1.165, 1.54) is 31.1 Å². The average Bonchev–Trinajstić information content (AvgIpc) is 3.74. The normalized spacial score (nSPS) is 21.1. The molecule has 11 heteroatoms. The van der Waals surface area contributed by atoms with Crippen LogP contribution in [0.2, 0.25) is 0 Å². The standard InChI is InChI=1S/C29H33N3O4S4/c1-17-28(36-29(33)24-10-9-21(38-24)23-12-14-26(40-23)32(4)5)19(15-27(34-6)35-17)30-16-18-7-8-20(37-18)22-11-13-25(39-22)31(2)3/h7-14,16-17,19,27-28H,15H2,1-6H3/t17-,19-,27+,28-/m0/s1. The first-order valence-electron chi connectivity index (χ1n) is 12.9. The minimum atomic E-state index is -0.526. The summed E-state index contributed by atoms with van der Waals surface area (Å²) in [6.07, 6.45) is 1.09. The molecule has 0 aliphatic carbocycles. The Bertz CT molecular complexity index is 1470. The van der Waals surface area contributed by atoms with Crippen molar-refractivity contribution in [3.05, 3.63) is 58.3 Å². The molecular weight excluding hydrogens is 583 g/mol. The minimum absolute atomic E-state index is 0.287. The lowest BCUT2D eigenvalue weighted by Gasteiger charge is -2.37. The van der Waals surface area contributed by atoms with Crippen LogP contribution in [0.1, 0.15) is 27.9 Å². The van der Waals surface area contributed by atoms with Gasteiger partial charge in [-0.1, -0.05) is 0 Å². The van der Waals surface area contributed by atoms with E-state index in [1.807, 2.05) is 39.4 Å². The third kappa shape index (κ3) is 6.50. The van der Waals surface area contributed by atoms with E-state index in [-0.39, 0.29) is 18.1 Å². The molecule has 0 unspecified atom stereocenters. The van der Waals surface area contributed by atoms with Crippen LogP contribution in [-0.2, 0) is 14.2 Å². The van der Waals surface area contributed by atoms with E-state index < -0.39 is 12.4 Å². The van der Waals surface area contributed by atoms with Crippen LogP contribution in [0.3, 0.4) is 0 Å². The number of methoxy groups -OCH3 is 1. The van der Waals surface area contributed by atoms with Crippen LogP contribution < -0.4 is 9.80 Å². The van der Waals surface area contributed by atoms with Crippen molar-refractivity contribution in [1.29, 1.82) is 0 Å². The molecule has 0 spiro atoms. The highest BCUT2D eigenvalue weighted by Gasteiger charge is 2.39. The Hall–Kier alpha value is -2.54. The Morgan fingerprint density at radius 3 is 2.05 bits per heavy atom. The van der Waals surface area contributed by atoms with Crippen LogP contribution >= 0.6 is 45.3 Å². The number of carbonyl (C=O) groups excluding carboxylic acids is 1. The first-order chi connectivity index (χ1) is 19.2. The summed E-state index contributed by atoms with van der Waals surface area (Å²) in [5, 5.41) is 2.39. The highest BCUT2D eigenvalue weighted by Crippen LogP contribution is 2.38. The van der Waals surface area contributed by atoms with E-state index >= 15 is 0 Å². The van der Waals surface area contributed by atoms with Crippen LogP contribution in [0.25, 0.3) is 19.5 Å². The van der Waals surface area contributed by atoms with E-state index in [4.69, 9.17) is 19.2 Å². The Labute approximate surface area is 251 Å². The number of aliphatic imine (C=N–C) groups is 1. The van der Waals surface area contributed by atoms with Crippen molar-refractivity contribution in [1.82, 2.24) is 0 Å². The molecule has 0 bridgehead atoms. The number of thiophene rings is 4. The lowest BCUT2D eigenvalue weighted by atomic mass is 10.00. The third-order valence-electron chi connectivity index (χ3n) is 6.53. The van der Waals surface area contributed by atoms with Crippen LogP contribution in [0, 0.1) is 0 Å². The van der Waals surface area contributed by atoms with Gasteiger partial charge in [-0.15, -0.1) is 45.3 Å². The maximum absolute atomic E-state index is 13.2. The van der Waals surface area contributed by atoms with E-state index in [0.717, 1.165) is 14.6 Å². The molecule has 0 N–H and O–H groups in total. The summed E-state index contributed by atoms with van der Waals surface area (Å²) in [4.78, 5) is 28.5. The van der Waals surface area contributed by atoms with Gasteiger partial charge in [0, 0.05) is 72.3 Å². The topological polar surface area (TPSA) is 63.6 Å². The molecule has 5 heterocycles. The molecule has 4 atom stereocenters. The number of nitrogens with zero attached hydrogens (tertiary/aromatic N) is 3. The van der Waals surface area contributed by atoms with Crippen LogP contribution in [-0.4, -0.2) is 72.0 Å². The van der Waals surface area contributed by atoms with Gasteiger partial charge in [-0.25, -0.2) is 4.79 Å². The number of hydrogen-bond donors (Lipinski definition) is 0. The minimum Gasteiger partial charge on any atom is -0.453 e. The summed E-state index contributed by atoms with van der Waals surface area (Å²) >= 11 is 6.60. The summed E-state index contributed by atoms with van der Waals surface area (Å²) in [6, 6.07) is 16.2. The van der Waals surface area contributed by atoms with Gasteiger partial charge in [-0.3, -0.25) is 4.99 Å². The molecule has 1 aliphatic heterocycles. The first-order valence-corrected chi connectivity index (χ1v) is 16.2. The largest absolute Gasteiger partial charge is 0.453 e. The summed E-state index contributed by atoms with van der Waals surface area (Å²) in [5.74, 6) is -0.357. The molecule has 7 nitrogen and oxygen atoms in total. The molecule has 1 aliphatic rings. The molecule has 4 aromatic heterocycles. The maximum Gasteiger partial charge on any atom is 0.348 e. The van der Waals surface area contributed by atoms with Gasteiger partial charge in [0.05, 0.1) is 22.1 Å².